The fraction of sp³-hybridized carbons (Fsp3) is 0.185. The first-order valence-corrected chi connectivity index (χ1v) is 12.0. The van der Waals surface area contributed by atoms with Gasteiger partial charge in [-0.05, 0) is 73.2 Å². The van der Waals surface area contributed by atoms with Gasteiger partial charge in [-0.3, -0.25) is 24.7 Å². The first-order chi connectivity index (χ1) is 17.9. The van der Waals surface area contributed by atoms with Gasteiger partial charge >= 0.3 is 0 Å². The van der Waals surface area contributed by atoms with Crippen LogP contribution in [-0.4, -0.2) is 45.4 Å². The summed E-state index contributed by atoms with van der Waals surface area (Å²) in [4.78, 5) is 40.5. The van der Waals surface area contributed by atoms with E-state index in [-0.39, 0.29) is 23.6 Å². The van der Waals surface area contributed by atoms with Crippen molar-refractivity contribution in [1.82, 2.24) is 15.3 Å². The van der Waals surface area contributed by atoms with Crippen LogP contribution in [0.1, 0.15) is 29.3 Å². The van der Waals surface area contributed by atoms with Crippen molar-refractivity contribution in [2.75, 3.05) is 11.9 Å². The predicted molar refractivity (Wildman–Crippen MR) is 140 cm³/mol. The summed E-state index contributed by atoms with van der Waals surface area (Å²) in [5.41, 5.74) is 4.17. The van der Waals surface area contributed by atoms with Crippen molar-refractivity contribution < 1.29 is 23.5 Å². The number of nitrogens with one attached hydrogen (secondary N) is 2. The average Bonchev–Trinajstić information content (AvgIpc) is 3.10. The maximum absolute atomic E-state index is 13.4. The van der Waals surface area contributed by atoms with Crippen LogP contribution in [0.4, 0.5) is 10.1 Å². The van der Waals surface area contributed by atoms with Crippen molar-refractivity contribution in [2.24, 2.45) is 0 Å². The van der Waals surface area contributed by atoms with E-state index in [9.17, 15) is 18.8 Å². The number of carbonyl (C=O) groups excluding carboxylic acids is 3. The number of nitrogens with zero attached hydrogens (tertiary/aromatic N) is 2. The Morgan fingerprint density at radius 3 is 2.32 bits per heavy atom. The molecule has 1 atom stereocenters. The number of anilines is 1. The van der Waals surface area contributed by atoms with Gasteiger partial charge in [0.15, 0.2) is 5.11 Å². The van der Waals surface area contributed by atoms with Crippen molar-refractivity contribution >= 4 is 40.7 Å². The van der Waals surface area contributed by atoms with Crippen LogP contribution in [0.15, 0.2) is 78.9 Å². The lowest BCUT2D eigenvalue weighted by Gasteiger charge is -2.24. The lowest BCUT2D eigenvalue weighted by molar-refractivity contribution is -0.131. The molecule has 1 heterocycles. The molecule has 3 aromatic carbocycles. The maximum Gasteiger partial charge on any atom is 0.269 e. The quantitative estimate of drug-likeness (QED) is 0.416. The Hall–Kier alpha value is -4.31. The van der Waals surface area contributed by atoms with E-state index in [1.165, 1.54) is 22.0 Å². The zero-order valence-electron chi connectivity index (χ0n) is 20.0. The molecule has 37 heavy (non-hydrogen) atoms. The summed E-state index contributed by atoms with van der Waals surface area (Å²) in [7, 11) is 0. The molecule has 3 aromatic rings. The Labute approximate surface area is 219 Å². The number of ether oxygens (including phenoxy) is 1. The van der Waals surface area contributed by atoms with Crippen LogP contribution in [0, 0.1) is 5.82 Å². The molecule has 190 valence electrons. The van der Waals surface area contributed by atoms with Crippen molar-refractivity contribution in [3.05, 3.63) is 95.8 Å². The van der Waals surface area contributed by atoms with Crippen LogP contribution in [0.3, 0.4) is 0 Å². The highest BCUT2D eigenvalue weighted by molar-refractivity contribution is 7.80. The van der Waals surface area contributed by atoms with Crippen LogP contribution < -0.4 is 15.5 Å². The van der Waals surface area contributed by atoms with Gasteiger partial charge in [-0.1, -0.05) is 30.3 Å². The van der Waals surface area contributed by atoms with Crippen LogP contribution >= 0.6 is 12.2 Å². The molecular formula is C27H25FN4O4S. The molecule has 3 amide bonds. The average molecular weight is 521 g/mol. The second-order valence-corrected chi connectivity index (χ2v) is 8.60. The Morgan fingerprint density at radius 1 is 1.00 bits per heavy atom. The van der Waals surface area contributed by atoms with Gasteiger partial charge < -0.3 is 10.1 Å². The summed E-state index contributed by atoms with van der Waals surface area (Å²) in [5, 5.41) is 4.05. The number of carbonyl (C=O) groups is 3. The number of halogens is 1. The van der Waals surface area contributed by atoms with Gasteiger partial charge in [0.2, 0.25) is 5.91 Å². The number of thiocarbonyl (C=S) groups is 1. The molecule has 1 unspecified atom stereocenters. The molecule has 0 radical (unpaired) electrons. The summed E-state index contributed by atoms with van der Waals surface area (Å²) in [6.07, 6.45) is -0.263. The molecule has 1 fully saturated rings. The number of rotatable bonds is 9. The number of amides is 3. The minimum absolute atomic E-state index is 0.0585. The van der Waals surface area contributed by atoms with E-state index < -0.39 is 29.6 Å². The number of benzene rings is 3. The molecular weight excluding hydrogens is 495 g/mol. The Balaban J connectivity index is 1.52. The second-order valence-electron chi connectivity index (χ2n) is 8.24. The normalized spacial score (nSPS) is 15.0. The standard InChI is InChI=1S/C27H25FN4O4S/c1-2-36-22-14-12-21(13-15-22)29-24(33)16-23-26(35)31(17-18-6-4-3-5-7-18)27(37)32(23)30-25(34)19-8-10-20(28)11-9-19/h3-15,23H,2,16-17H2,1H3,(H,29,33)(H,30,34). The van der Waals surface area contributed by atoms with Gasteiger partial charge in [-0.2, -0.15) is 0 Å². The highest BCUT2D eigenvalue weighted by Crippen LogP contribution is 2.23. The zero-order chi connectivity index (χ0) is 26.4. The lowest BCUT2D eigenvalue weighted by Crippen LogP contribution is -2.49. The minimum atomic E-state index is -1.07. The smallest absolute Gasteiger partial charge is 0.269 e. The first-order valence-electron chi connectivity index (χ1n) is 11.6. The second kappa shape index (κ2) is 11.6. The Kier molecular flexibility index (Phi) is 8.09. The third-order valence-electron chi connectivity index (χ3n) is 5.64. The molecule has 10 heteroatoms. The van der Waals surface area contributed by atoms with Crippen LogP contribution in [-0.2, 0) is 16.1 Å². The van der Waals surface area contributed by atoms with Gasteiger partial charge in [0, 0.05) is 11.3 Å². The topological polar surface area (TPSA) is 91.0 Å². The molecule has 0 saturated carbocycles. The van der Waals surface area contributed by atoms with Crippen LogP contribution in [0.25, 0.3) is 0 Å². The number of hydrogen-bond acceptors (Lipinski definition) is 5. The molecule has 0 aliphatic carbocycles. The highest BCUT2D eigenvalue weighted by atomic mass is 32.1. The number of hydrogen-bond donors (Lipinski definition) is 2. The van der Waals surface area contributed by atoms with Gasteiger partial charge in [-0.25, -0.2) is 9.40 Å². The third kappa shape index (κ3) is 6.28. The molecule has 0 spiro atoms. The van der Waals surface area contributed by atoms with Crippen molar-refractivity contribution in [1.29, 1.82) is 0 Å². The summed E-state index contributed by atoms with van der Waals surface area (Å²) in [6.45, 7) is 2.58. The Morgan fingerprint density at radius 2 is 1.68 bits per heavy atom. The molecule has 1 aliphatic rings. The fourth-order valence-electron chi connectivity index (χ4n) is 3.83. The van der Waals surface area contributed by atoms with E-state index in [0.29, 0.717) is 18.0 Å². The summed E-state index contributed by atoms with van der Waals surface area (Å²) < 4.78 is 18.7. The summed E-state index contributed by atoms with van der Waals surface area (Å²) in [5.74, 6) is -1.26. The molecule has 0 bridgehead atoms. The van der Waals surface area contributed by atoms with E-state index in [1.54, 1.807) is 24.3 Å². The van der Waals surface area contributed by atoms with E-state index in [4.69, 9.17) is 17.0 Å². The molecule has 0 aromatic heterocycles. The van der Waals surface area contributed by atoms with Gasteiger partial charge in [0.05, 0.1) is 19.6 Å². The van der Waals surface area contributed by atoms with Crippen molar-refractivity contribution in [2.45, 2.75) is 25.9 Å². The summed E-state index contributed by atoms with van der Waals surface area (Å²) in [6, 6.07) is 20.0. The molecule has 2 N–H and O–H groups in total. The van der Waals surface area contributed by atoms with Crippen molar-refractivity contribution in [3.63, 3.8) is 0 Å². The van der Waals surface area contributed by atoms with Gasteiger partial charge in [0.1, 0.15) is 17.6 Å². The van der Waals surface area contributed by atoms with Crippen molar-refractivity contribution in [3.8, 4) is 5.75 Å². The minimum Gasteiger partial charge on any atom is -0.494 e. The van der Waals surface area contributed by atoms with E-state index in [2.05, 4.69) is 10.7 Å². The maximum atomic E-state index is 13.4. The Bertz CT molecular complexity index is 1290. The SMILES string of the molecule is CCOc1ccc(NC(=O)CC2C(=O)N(Cc3ccccc3)C(=S)N2NC(=O)c2ccc(F)cc2)cc1. The third-order valence-corrected chi connectivity index (χ3v) is 6.06. The summed E-state index contributed by atoms with van der Waals surface area (Å²) >= 11 is 5.54. The van der Waals surface area contributed by atoms with E-state index >= 15 is 0 Å². The molecule has 4 rings (SSSR count). The molecule has 1 aliphatic heterocycles. The largest absolute Gasteiger partial charge is 0.494 e. The van der Waals surface area contributed by atoms with E-state index in [1.807, 2.05) is 37.3 Å². The van der Waals surface area contributed by atoms with Crippen LogP contribution in [0.2, 0.25) is 0 Å². The fourth-order valence-corrected chi connectivity index (χ4v) is 4.16. The van der Waals surface area contributed by atoms with Gasteiger partial charge in [-0.15, -0.1) is 0 Å². The zero-order valence-corrected chi connectivity index (χ0v) is 20.8. The monoisotopic (exact) mass is 520 g/mol. The molecule has 1 saturated heterocycles. The number of hydrazine groups is 1. The van der Waals surface area contributed by atoms with Gasteiger partial charge in [0.25, 0.3) is 11.8 Å². The van der Waals surface area contributed by atoms with Crippen LogP contribution in [0.5, 0.6) is 5.75 Å². The molecule has 8 nitrogen and oxygen atoms in total. The predicted octanol–water partition coefficient (Wildman–Crippen LogP) is 3.90. The lowest BCUT2D eigenvalue weighted by atomic mass is 10.1. The van der Waals surface area contributed by atoms with E-state index in [0.717, 1.165) is 17.7 Å². The highest BCUT2D eigenvalue weighted by Gasteiger charge is 2.44. The first kappa shape index (κ1) is 25.8.